The molecule has 1 aromatic carbocycles. The van der Waals surface area contributed by atoms with Gasteiger partial charge in [-0.3, -0.25) is 4.79 Å². The van der Waals surface area contributed by atoms with E-state index in [1.54, 1.807) is 7.11 Å². The Balaban J connectivity index is 2.24. The topological polar surface area (TPSA) is 47.6 Å². The van der Waals surface area contributed by atoms with Crippen LogP contribution in [0.15, 0.2) is 24.3 Å². The molecule has 1 amide bonds. The zero-order valence-electron chi connectivity index (χ0n) is 11.1. The first-order chi connectivity index (χ1) is 8.76. The number of carbonyl (C=O) groups is 1. The van der Waals surface area contributed by atoms with E-state index < -0.39 is 0 Å². The minimum absolute atomic E-state index is 0.0557. The first-order valence-electron chi connectivity index (χ1n) is 6.23. The van der Waals surface area contributed by atoms with Crippen LogP contribution in [0.1, 0.15) is 18.9 Å². The van der Waals surface area contributed by atoms with E-state index in [9.17, 15) is 4.79 Å². The van der Waals surface area contributed by atoms with Crippen molar-refractivity contribution >= 4 is 5.91 Å². The van der Waals surface area contributed by atoms with Gasteiger partial charge in [-0.2, -0.15) is 0 Å². The van der Waals surface area contributed by atoms with E-state index in [0.717, 1.165) is 18.6 Å². The molecule has 1 rings (SSSR count). The maximum atomic E-state index is 11.5. The Kier molecular flexibility index (Phi) is 6.87. The molecule has 0 aliphatic rings. The van der Waals surface area contributed by atoms with E-state index in [-0.39, 0.29) is 12.5 Å². The summed E-state index contributed by atoms with van der Waals surface area (Å²) in [6, 6.07) is 7.79. The zero-order valence-corrected chi connectivity index (χ0v) is 11.1. The fourth-order valence-corrected chi connectivity index (χ4v) is 1.50. The van der Waals surface area contributed by atoms with Crippen LogP contribution in [0.4, 0.5) is 0 Å². The SMILES string of the molecule is CCc1cccc(OCC(=O)NCCCOC)c1. The summed E-state index contributed by atoms with van der Waals surface area (Å²) in [5.74, 6) is 0.634. The number of hydrogen-bond acceptors (Lipinski definition) is 3. The summed E-state index contributed by atoms with van der Waals surface area (Å²) in [7, 11) is 1.64. The molecule has 0 spiro atoms. The molecule has 0 heterocycles. The fraction of sp³-hybridized carbons (Fsp3) is 0.500. The van der Waals surface area contributed by atoms with Crippen LogP contribution in [-0.4, -0.2) is 32.8 Å². The van der Waals surface area contributed by atoms with Crippen molar-refractivity contribution in [1.29, 1.82) is 0 Å². The molecule has 0 aromatic heterocycles. The van der Waals surface area contributed by atoms with Crippen LogP contribution >= 0.6 is 0 Å². The molecule has 4 heteroatoms. The molecule has 0 atom stereocenters. The summed E-state index contributed by atoms with van der Waals surface area (Å²) in [6.07, 6.45) is 1.77. The van der Waals surface area contributed by atoms with E-state index in [4.69, 9.17) is 9.47 Å². The van der Waals surface area contributed by atoms with Crippen LogP contribution < -0.4 is 10.1 Å². The molecule has 0 fully saturated rings. The molecule has 0 aliphatic carbocycles. The van der Waals surface area contributed by atoms with E-state index in [1.807, 2.05) is 24.3 Å². The van der Waals surface area contributed by atoms with Gasteiger partial charge in [0.25, 0.3) is 5.91 Å². The van der Waals surface area contributed by atoms with Gasteiger partial charge in [0.05, 0.1) is 0 Å². The molecule has 0 radical (unpaired) electrons. The van der Waals surface area contributed by atoms with Crippen LogP contribution in [0.2, 0.25) is 0 Å². The number of amides is 1. The van der Waals surface area contributed by atoms with Gasteiger partial charge in [-0.1, -0.05) is 19.1 Å². The Morgan fingerprint density at radius 1 is 1.39 bits per heavy atom. The highest BCUT2D eigenvalue weighted by molar-refractivity contribution is 5.77. The summed E-state index contributed by atoms with van der Waals surface area (Å²) in [4.78, 5) is 11.5. The molecular weight excluding hydrogens is 230 g/mol. The second-order valence-electron chi connectivity index (χ2n) is 3.99. The minimum Gasteiger partial charge on any atom is -0.484 e. The van der Waals surface area contributed by atoms with E-state index >= 15 is 0 Å². The second kappa shape index (κ2) is 8.53. The summed E-state index contributed by atoms with van der Waals surface area (Å²) in [5, 5.41) is 2.77. The lowest BCUT2D eigenvalue weighted by Crippen LogP contribution is -2.30. The fourth-order valence-electron chi connectivity index (χ4n) is 1.50. The minimum atomic E-state index is -0.104. The Hall–Kier alpha value is -1.55. The van der Waals surface area contributed by atoms with Gasteiger partial charge in [-0.25, -0.2) is 0 Å². The van der Waals surface area contributed by atoms with Crippen molar-refractivity contribution in [3.63, 3.8) is 0 Å². The largest absolute Gasteiger partial charge is 0.484 e. The number of ether oxygens (including phenoxy) is 2. The zero-order chi connectivity index (χ0) is 13.2. The number of carbonyl (C=O) groups excluding carboxylic acids is 1. The molecule has 0 bridgehead atoms. The van der Waals surface area contributed by atoms with Crippen molar-refractivity contribution < 1.29 is 14.3 Å². The molecule has 0 saturated carbocycles. The van der Waals surface area contributed by atoms with Gasteiger partial charge < -0.3 is 14.8 Å². The van der Waals surface area contributed by atoms with Crippen molar-refractivity contribution in [3.05, 3.63) is 29.8 Å². The van der Waals surface area contributed by atoms with Gasteiger partial charge in [0.1, 0.15) is 5.75 Å². The van der Waals surface area contributed by atoms with Crippen molar-refractivity contribution in [2.75, 3.05) is 26.9 Å². The van der Waals surface area contributed by atoms with Crippen molar-refractivity contribution in [2.24, 2.45) is 0 Å². The number of rotatable bonds is 8. The van der Waals surface area contributed by atoms with Crippen LogP contribution in [0.3, 0.4) is 0 Å². The number of nitrogens with one attached hydrogen (secondary N) is 1. The summed E-state index contributed by atoms with van der Waals surface area (Å²) < 4.78 is 10.3. The van der Waals surface area contributed by atoms with Crippen LogP contribution in [0.5, 0.6) is 5.75 Å². The summed E-state index contributed by atoms with van der Waals surface area (Å²) in [6.45, 7) is 3.41. The molecule has 0 aliphatic heterocycles. The van der Waals surface area contributed by atoms with E-state index in [0.29, 0.717) is 13.2 Å². The van der Waals surface area contributed by atoms with E-state index in [2.05, 4.69) is 12.2 Å². The highest BCUT2D eigenvalue weighted by Crippen LogP contribution is 2.13. The molecule has 0 saturated heterocycles. The normalized spacial score (nSPS) is 10.1. The lowest BCUT2D eigenvalue weighted by Gasteiger charge is -2.08. The third-order valence-corrected chi connectivity index (χ3v) is 2.52. The predicted octanol–water partition coefficient (Wildman–Crippen LogP) is 1.78. The Labute approximate surface area is 108 Å². The maximum absolute atomic E-state index is 11.5. The predicted molar refractivity (Wildman–Crippen MR) is 70.8 cm³/mol. The first-order valence-corrected chi connectivity index (χ1v) is 6.23. The average molecular weight is 251 g/mol. The van der Waals surface area contributed by atoms with Gasteiger partial charge >= 0.3 is 0 Å². The second-order valence-corrected chi connectivity index (χ2v) is 3.99. The maximum Gasteiger partial charge on any atom is 0.257 e. The number of benzene rings is 1. The molecule has 4 nitrogen and oxygen atoms in total. The Bertz CT molecular complexity index is 366. The molecule has 18 heavy (non-hydrogen) atoms. The lowest BCUT2D eigenvalue weighted by molar-refractivity contribution is -0.123. The number of hydrogen-bond donors (Lipinski definition) is 1. The van der Waals surface area contributed by atoms with Gasteiger partial charge in [-0.15, -0.1) is 0 Å². The van der Waals surface area contributed by atoms with Gasteiger partial charge in [-0.05, 0) is 30.5 Å². The van der Waals surface area contributed by atoms with Crippen LogP contribution in [0, 0.1) is 0 Å². The van der Waals surface area contributed by atoms with Crippen molar-refractivity contribution in [1.82, 2.24) is 5.32 Å². The lowest BCUT2D eigenvalue weighted by atomic mass is 10.2. The van der Waals surface area contributed by atoms with Gasteiger partial charge in [0.15, 0.2) is 6.61 Å². The van der Waals surface area contributed by atoms with Crippen molar-refractivity contribution in [2.45, 2.75) is 19.8 Å². The van der Waals surface area contributed by atoms with Gasteiger partial charge in [0, 0.05) is 20.3 Å². The monoisotopic (exact) mass is 251 g/mol. The van der Waals surface area contributed by atoms with Gasteiger partial charge in [0.2, 0.25) is 0 Å². The standard InChI is InChI=1S/C14H21NO3/c1-3-12-6-4-7-13(10-12)18-11-14(16)15-8-5-9-17-2/h4,6-7,10H,3,5,8-9,11H2,1-2H3,(H,15,16). The average Bonchev–Trinajstić information content (AvgIpc) is 2.41. The quantitative estimate of drug-likeness (QED) is 0.716. The molecule has 0 unspecified atom stereocenters. The first kappa shape index (κ1) is 14.5. The highest BCUT2D eigenvalue weighted by Gasteiger charge is 2.02. The van der Waals surface area contributed by atoms with Crippen LogP contribution in [0.25, 0.3) is 0 Å². The highest BCUT2D eigenvalue weighted by atomic mass is 16.5. The van der Waals surface area contributed by atoms with E-state index in [1.165, 1.54) is 5.56 Å². The Morgan fingerprint density at radius 3 is 2.94 bits per heavy atom. The molecule has 1 aromatic rings. The van der Waals surface area contributed by atoms with Crippen molar-refractivity contribution in [3.8, 4) is 5.75 Å². The van der Waals surface area contributed by atoms with Crippen LogP contribution in [-0.2, 0) is 16.0 Å². The molecule has 1 N–H and O–H groups in total. The third kappa shape index (κ3) is 5.68. The summed E-state index contributed by atoms with van der Waals surface area (Å²) >= 11 is 0. The Morgan fingerprint density at radius 2 is 2.22 bits per heavy atom. The number of aryl methyl sites for hydroxylation is 1. The molecular formula is C14H21NO3. The number of methoxy groups -OCH3 is 1. The smallest absolute Gasteiger partial charge is 0.257 e. The third-order valence-electron chi connectivity index (χ3n) is 2.52. The summed E-state index contributed by atoms with van der Waals surface area (Å²) in [5.41, 5.74) is 1.20. The molecule has 100 valence electrons.